The van der Waals surface area contributed by atoms with Crippen LogP contribution < -0.4 is 0 Å². The molecule has 0 amide bonds. The molecular weight excluding hydrogens is 420 g/mol. The Morgan fingerprint density at radius 3 is 2.47 bits per heavy atom. The number of aromatic nitrogens is 1. The minimum atomic E-state index is 0.301. The fourth-order valence-electron chi connectivity index (χ4n) is 5.79. The van der Waals surface area contributed by atoms with E-state index in [0.717, 1.165) is 50.6 Å². The van der Waals surface area contributed by atoms with Gasteiger partial charge in [-0.05, 0) is 49.1 Å². The van der Waals surface area contributed by atoms with Crippen LogP contribution >= 0.6 is 0 Å². The van der Waals surface area contributed by atoms with Crippen molar-refractivity contribution in [3.05, 3.63) is 82.9 Å². The van der Waals surface area contributed by atoms with E-state index in [-0.39, 0.29) is 0 Å². The van der Waals surface area contributed by atoms with Crippen LogP contribution in [-0.4, -0.2) is 21.3 Å². The number of para-hydroxylation sites is 1. The van der Waals surface area contributed by atoms with Crippen molar-refractivity contribution in [2.45, 2.75) is 58.9 Å². The molecule has 1 aliphatic rings. The van der Waals surface area contributed by atoms with Crippen LogP contribution in [-0.2, 0) is 17.8 Å². The van der Waals surface area contributed by atoms with E-state index in [1.165, 1.54) is 25.7 Å². The number of nitrogens with zero attached hydrogens (tertiary/aromatic N) is 2. The minimum Gasteiger partial charge on any atom is -0.410 e. The van der Waals surface area contributed by atoms with E-state index in [9.17, 15) is 10.0 Å². The molecule has 5 rings (SSSR count). The number of fused-ring (bicyclic) bond motifs is 3. The monoisotopic (exact) mass is 452 g/mol. The Balaban J connectivity index is 1.70. The Bertz CT molecular complexity index is 1390. The van der Waals surface area contributed by atoms with Gasteiger partial charge in [-0.1, -0.05) is 73.3 Å². The second-order valence-electron chi connectivity index (χ2n) is 9.63. The summed E-state index contributed by atoms with van der Waals surface area (Å²) in [6.45, 7) is 4.96. The van der Waals surface area contributed by atoms with Gasteiger partial charge in [-0.15, -0.1) is 0 Å². The van der Waals surface area contributed by atoms with Crippen LogP contribution in [0.2, 0.25) is 0 Å². The summed E-state index contributed by atoms with van der Waals surface area (Å²) < 4.78 is 2.29. The van der Waals surface area contributed by atoms with Crippen LogP contribution in [0.1, 0.15) is 61.3 Å². The number of benzene rings is 3. The number of carbonyl (C=O) groups excluding carboxylic acids is 1. The third kappa shape index (κ3) is 4.02. The Morgan fingerprint density at radius 1 is 1.00 bits per heavy atom. The second kappa shape index (κ2) is 9.46. The number of carbonyl (C=O) groups is 1. The molecule has 1 saturated carbocycles. The van der Waals surface area contributed by atoms with E-state index >= 15 is 0 Å². The molecule has 1 heterocycles. The van der Waals surface area contributed by atoms with Gasteiger partial charge in [0.2, 0.25) is 0 Å². The maximum absolute atomic E-state index is 13.0. The third-order valence-corrected chi connectivity index (χ3v) is 7.39. The molecule has 0 spiro atoms. The molecule has 34 heavy (non-hydrogen) atoms. The van der Waals surface area contributed by atoms with Crippen molar-refractivity contribution in [1.29, 1.82) is 0 Å². The van der Waals surface area contributed by atoms with Gasteiger partial charge in [0.1, 0.15) is 11.5 Å². The van der Waals surface area contributed by atoms with Gasteiger partial charge in [-0.2, -0.15) is 0 Å². The molecule has 0 unspecified atom stereocenters. The fraction of sp³-hybridized carbons (Fsp3) is 0.333. The lowest BCUT2D eigenvalue weighted by atomic mass is 9.92. The number of hydrogen-bond acceptors (Lipinski definition) is 3. The summed E-state index contributed by atoms with van der Waals surface area (Å²) in [7, 11) is 0. The van der Waals surface area contributed by atoms with Gasteiger partial charge in [-0.3, -0.25) is 4.79 Å². The second-order valence-corrected chi connectivity index (χ2v) is 9.63. The van der Waals surface area contributed by atoms with Crippen LogP contribution in [0.5, 0.6) is 0 Å². The zero-order valence-electron chi connectivity index (χ0n) is 20.1. The van der Waals surface area contributed by atoms with E-state index < -0.39 is 0 Å². The topological polar surface area (TPSA) is 54.6 Å². The highest BCUT2D eigenvalue weighted by atomic mass is 16.4. The first-order valence-corrected chi connectivity index (χ1v) is 12.4. The quantitative estimate of drug-likeness (QED) is 0.186. The fourth-order valence-corrected chi connectivity index (χ4v) is 5.79. The largest absolute Gasteiger partial charge is 0.410 e. The minimum absolute atomic E-state index is 0.301. The molecule has 4 aromatic rings. The summed E-state index contributed by atoms with van der Waals surface area (Å²) in [6.07, 6.45) is 5.93. The van der Waals surface area contributed by atoms with E-state index in [2.05, 4.69) is 53.0 Å². The number of hydrogen-bond donors (Lipinski definition) is 1. The lowest BCUT2D eigenvalue weighted by molar-refractivity contribution is -0.119. The van der Waals surface area contributed by atoms with Gasteiger partial charge in [0.15, 0.2) is 0 Å². The van der Waals surface area contributed by atoms with Gasteiger partial charge < -0.3 is 9.77 Å². The average Bonchev–Trinajstić information content (AvgIpc) is 3.46. The predicted octanol–water partition coefficient (Wildman–Crippen LogP) is 7.04. The highest BCUT2D eigenvalue weighted by molar-refractivity contribution is 6.23. The molecule has 4 heteroatoms. The molecule has 4 nitrogen and oxygen atoms in total. The summed E-state index contributed by atoms with van der Waals surface area (Å²) in [5.41, 5.74) is 6.55. The van der Waals surface area contributed by atoms with Crippen LogP contribution in [0.15, 0.2) is 65.8 Å². The van der Waals surface area contributed by atoms with E-state index in [1.807, 2.05) is 31.2 Å². The highest BCUT2D eigenvalue weighted by Crippen LogP contribution is 2.35. The normalized spacial score (nSPS) is 14.9. The lowest BCUT2D eigenvalue weighted by Crippen LogP contribution is -2.12. The van der Waals surface area contributed by atoms with Gasteiger partial charge >= 0.3 is 0 Å². The van der Waals surface area contributed by atoms with Crippen LogP contribution in [0, 0.1) is 12.8 Å². The summed E-state index contributed by atoms with van der Waals surface area (Å²) in [5, 5.41) is 16.3. The molecule has 3 aromatic carbocycles. The van der Waals surface area contributed by atoms with Crippen LogP contribution in [0.25, 0.3) is 21.8 Å². The van der Waals surface area contributed by atoms with E-state index in [1.54, 1.807) is 0 Å². The molecule has 1 N–H and O–H groups in total. The number of ketones is 1. The maximum atomic E-state index is 13.0. The molecule has 1 fully saturated rings. The summed E-state index contributed by atoms with van der Waals surface area (Å²) in [5.74, 6) is 0.842. The molecule has 0 aliphatic heterocycles. The predicted molar refractivity (Wildman–Crippen MR) is 139 cm³/mol. The van der Waals surface area contributed by atoms with E-state index in [4.69, 9.17) is 0 Å². The maximum Gasteiger partial charge on any atom is 0.137 e. The molecule has 0 saturated heterocycles. The van der Waals surface area contributed by atoms with Gasteiger partial charge in [0.25, 0.3) is 0 Å². The van der Waals surface area contributed by atoms with Crippen LogP contribution in [0.3, 0.4) is 0 Å². The molecule has 1 aliphatic carbocycles. The van der Waals surface area contributed by atoms with Crippen molar-refractivity contribution in [2.24, 2.45) is 11.1 Å². The zero-order valence-corrected chi connectivity index (χ0v) is 20.1. The molecule has 174 valence electrons. The average molecular weight is 453 g/mol. The first kappa shape index (κ1) is 22.4. The number of aryl methyl sites for hydroxylation is 2. The van der Waals surface area contributed by atoms with Gasteiger partial charge in [-0.25, -0.2) is 0 Å². The zero-order chi connectivity index (χ0) is 23.7. The summed E-state index contributed by atoms with van der Waals surface area (Å²) >= 11 is 0. The highest BCUT2D eigenvalue weighted by Gasteiger charge is 2.22. The lowest BCUT2D eigenvalue weighted by Gasteiger charge is -2.15. The first-order valence-electron chi connectivity index (χ1n) is 12.4. The number of oxime groups is 1. The van der Waals surface area contributed by atoms with Gasteiger partial charge in [0.05, 0.1) is 5.52 Å². The number of rotatable bonds is 7. The van der Waals surface area contributed by atoms with Crippen molar-refractivity contribution in [1.82, 2.24) is 4.57 Å². The van der Waals surface area contributed by atoms with Crippen molar-refractivity contribution in [3.63, 3.8) is 0 Å². The Hall–Kier alpha value is -3.40. The number of Topliss-reactive ketones (excluding diaryl/α,β-unsaturated/α-hetero) is 1. The Kier molecular flexibility index (Phi) is 6.23. The van der Waals surface area contributed by atoms with Crippen molar-refractivity contribution >= 4 is 33.3 Å². The van der Waals surface area contributed by atoms with Crippen LogP contribution in [0.4, 0.5) is 0 Å². The van der Waals surface area contributed by atoms with Crippen molar-refractivity contribution in [3.8, 4) is 0 Å². The Morgan fingerprint density at radius 2 is 1.74 bits per heavy atom. The smallest absolute Gasteiger partial charge is 0.137 e. The van der Waals surface area contributed by atoms with E-state index in [0.29, 0.717) is 30.3 Å². The Labute approximate surface area is 200 Å². The van der Waals surface area contributed by atoms with Gasteiger partial charge in [0, 0.05) is 46.8 Å². The molecule has 0 radical (unpaired) electrons. The third-order valence-electron chi connectivity index (χ3n) is 7.39. The molecule has 1 aromatic heterocycles. The van der Waals surface area contributed by atoms with Crippen molar-refractivity contribution in [2.75, 3.05) is 0 Å². The molecular formula is C30H32N2O2. The SMILES string of the molecule is CCn1c2ccccc2c2cc(CC(=O)CC3CCCC3)cc(C(=NO)c3ccccc3C)c21. The van der Waals surface area contributed by atoms with Crippen molar-refractivity contribution < 1.29 is 10.0 Å². The first-order chi connectivity index (χ1) is 16.6. The molecule has 0 bridgehead atoms. The molecule has 0 atom stereocenters. The summed E-state index contributed by atoms with van der Waals surface area (Å²) in [6, 6.07) is 20.6. The summed E-state index contributed by atoms with van der Waals surface area (Å²) in [4.78, 5) is 13.0. The standard InChI is InChI=1S/C30H32N2O2/c1-3-32-28-15-9-8-14-25(28)26-18-22(17-23(33)16-21-11-5-6-12-21)19-27(30(26)32)29(31-34)24-13-7-4-10-20(24)2/h4,7-10,13-15,18-19,21,34H,3,5-6,11-12,16-17H2,1-2H3.